The average Bonchev–Trinajstić information content (AvgIpc) is 2.63. The second-order valence-corrected chi connectivity index (χ2v) is 4.75. The normalized spacial score (nSPS) is 34.8. The van der Waals surface area contributed by atoms with Crippen LogP contribution >= 0.6 is 11.3 Å². The van der Waals surface area contributed by atoms with Crippen LogP contribution in [0.25, 0.3) is 0 Å². The highest BCUT2D eigenvalue weighted by Gasteiger charge is 2.32. The second-order valence-electron chi connectivity index (χ2n) is 3.80. The first kappa shape index (κ1) is 9.19. The summed E-state index contributed by atoms with van der Waals surface area (Å²) in [5, 5.41) is 5.54. The lowest BCUT2D eigenvalue weighted by molar-refractivity contribution is -0.0704. The minimum absolute atomic E-state index is 0.110. The molecule has 3 heteroatoms. The second kappa shape index (κ2) is 3.40. The Balaban J connectivity index is 2.13. The first-order valence-corrected chi connectivity index (χ1v) is 5.50. The zero-order valence-electron chi connectivity index (χ0n) is 8.04. The van der Waals surface area contributed by atoms with E-state index < -0.39 is 0 Å². The smallest absolute Gasteiger partial charge is 0.112 e. The van der Waals surface area contributed by atoms with Gasteiger partial charge in [0.05, 0.1) is 6.61 Å². The van der Waals surface area contributed by atoms with Gasteiger partial charge in [-0.2, -0.15) is 0 Å². The topological polar surface area (TPSA) is 21.3 Å². The van der Waals surface area contributed by atoms with Gasteiger partial charge in [0.15, 0.2) is 0 Å². The summed E-state index contributed by atoms with van der Waals surface area (Å²) in [6, 6.07) is 4.70. The number of morpholine rings is 1. The Morgan fingerprint density at radius 2 is 2.54 bits per heavy atom. The molecule has 2 atom stereocenters. The molecule has 1 aliphatic rings. The summed E-state index contributed by atoms with van der Waals surface area (Å²) >= 11 is 1.76. The molecule has 1 saturated heterocycles. The number of hydrogen-bond acceptors (Lipinski definition) is 3. The molecule has 2 unspecified atom stereocenters. The van der Waals surface area contributed by atoms with Crippen molar-refractivity contribution in [3.63, 3.8) is 0 Å². The van der Waals surface area contributed by atoms with Gasteiger partial charge in [0, 0.05) is 17.5 Å². The lowest BCUT2D eigenvalue weighted by Crippen LogP contribution is -2.49. The summed E-state index contributed by atoms with van der Waals surface area (Å²) in [5.74, 6) is 0. The molecule has 13 heavy (non-hydrogen) atoms. The molecular weight excluding hydrogens is 182 g/mol. The third-order valence-corrected chi connectivity index (χ3v) is 3.60. The van der Waals surface area contributed by atoms with Crippen molar-refractivity contribution >= 4 is 11.3 Å². The zero-order valence-corrected chi connectivity index (χ0v) is 8.86. The molecule has 2 heterocycles. The first-order valence-electron chi connectivity index (χ1n) is 4.62. The van der Waals surface area contributed by atoms with Gasteiger partial charge in [-0.25, -0.2) is 0 Å². The fraction of sp³-hybridized carbons (Fsp3) is 0.600. The summed E-state index contributed by atoms with van der Waals surface area (Å²) in [6.45, 7) is 6.01. The average molecular weight is 197 g/mol. The Morgan fingerprint density at radius 1 is 1.69 bits per heavy atom. The summed E-state index contributed by atoms with van der Waals surface area (Å²) in [5.41, 5.74) is -0.110. The number of thiophene rings is 1. The Hall–Kier alpha value is -0.380. The molecule has 1 N–H and O–H groups in total. The van der Waals surface area contributed by atoms with Gasteiger partial charge in [0.1, 0.15) is 5.60 Å². The van der Waals surface area contributed by atoms with Crippen LogP contribution < -0.4 is 5.32 Å². The van der Waals surface area contributed by atoms with Gasteiger partial charge in [-0.1, -0.05) is 6.07 Å². The fourth-order valence-corrected chi connectivity index (χ4v) is 2.37. The van der Waals surface area contributed by atoms with E-state index >= 15 is 0 Å². The van der Waals surface area contributed by atoms with Crippen LogP contribution in [0.2, 0.25) is 0 Å². The summed E-state index contributed by atoms with van der Waals surface area (Å²) < 4.78 is 5.87. The van der Waals surface area contributed by atoms with Crippen LogP contribution in [0.1, 0.15) is 18.7 Å². The van der Waals surface area contributed by atoms with E-state index in [1.165, 1.54) is 4.88 Å². The molecule has 0 radical (unpaired) electrons. The molecule has 2 nitrogen and oxygen atoms in total. The number of nitrogens with one attached hydrogen (secondary N) is 1. The van der Waals surface area contributed by atoms with Crippen molar-refractivity contribution in [1.29, 1.82) is 0 Å². The van der Waals surface area contributed by atoms with Gasteiger partial charge < -0.3 is 10.1 Å². The zero-order chi connectivity index (χ0) is 9.31. The van der Waals surface area contributed by atoms with Gasteiger partial charge in [-0.3, -0.25) is 0 Å². The molecule has 0 aromatic carbocycles. The summed E-state index contributed by atoms with van der Waals surface area (Å²) in [6.07, 6.45) is 0. The van der Waals surface area contributed by atoms with E-state index in [0.717, 1.165) is 13.2 Å². The van der Waals surface area contributed by atoms with Crippen molar-refractivity contribution in [1.82, 2.24) is 5.32 Å². The van der Waals surface area contributed by atoms with Crippen LogP contribution in [0, 0.1) is 0 Å². The fourth-order valence-electron chi connectivity index (χ4n) is 1.53. The van der Waals surface area contributed by atoms with Crippen LogP contribution in [0.3, 0.4) is 0 Å². The van der Waals surface area contributed by atoms with Crippen molar-refractivity contribution < 1.29 is 4.74 Å². The molecule has 2 rings (SSSR count). The highest BCUT2D eigenvalue weighted by atomic mass is 32.1. The lowest BCUT2D eigenvalue weighted by Gasteiger charge is -2.36. The highest BCUT2D eigenvalue weighted by Crippen LogP contribution is 2.30. The minimum atomic E-state index is -0.110. The van der Waals surface area contributed by atoms with Gasteiger partial charge in [-0.15, -0.1) is 11.3 Å². The molecule has 0 saturated carbocycles. The van der Waals surface area contributed by atoms with Crippen molar-refractivity contribution in [2.24, 2.45) is 0 Å². The van der Waals surface area contributed by atoms with Crippen LogP contribution in [0.4, 0.5) is 0 Å². The molecule has 1 aromatic heterocycles. The standard InChI is InChI=1S/C10H15NOS/c1-8-6-12-10(2,7-11-8)9-4-3-5-13-9/h3-5,8,11H,6-7H2,1-2H3. The van der Waals surface area contributed by atoms with Gasteiger partial charge in [0.2, 0.25) is 0 Å². The summed E-state index contributed by atoms with van der Waals surface area (Å²) in [4.78, 5) is 1.31. The van der Waals surface area contributed by atoms with E-state index in [-0.39, 0.29) is 5.60 Å². The van der Waals surface area contributed by atoms with Crippen LogP contribution in [-0.2, 0) is 10.3 Å². The molecule has 1 fully saturated rings. The first-order chi connectivity index (χ1) is 6.21. The quantitative estimate of drug-likeness (QED) is 0.743. The maximum Gasteiger partial charge on any atom is 0.112 e. The maximum absolute atomic E-state index is 5.87. The molecule has 0 bridgehead atoms. The van der Waals surface area contributed by atoms with E-state index in [4.69, 9.17) is 4.74 Å². The predicted octanol–water partition coefficient (Wildman–Crippen LogP) is 1.97. The third kappa shape index (κ3) is 1.77. The van der Waals surface area contributed by atoms with Crippen molar-refractivity contribution in [3.05, 3.63) is 22.4 Å². The van der Waals surface area contributed by atoms with Crippen LogP contribution in [0.5, 0.6) is 0 Å². The molecule has 72 valence electrons. The number of rotatable bonds is 1. The highest BCUT2D eigenvalue weighted by molar-refractivity contribution is 7.10. The van der Waals surface area contributed by atoms with Crippen molar-refractivity contribution in [3.8, 4) is 0 Å². The van der Waals surface area contributed by atoms with E-state index in [9.17, 15) is 0 Å². The number of ether oxygens (including phenoxy) is 1. The predicted molar refractivity (Wildman–Crippen MR) is 55.1 cm³/mol. The Kier molecular flexibility index (Phi) is 2.41. The molecule has 1 aromatic rings. The third-order valence-electron chi connectivity index (χ3n) is 2.48. The Bertz CT molecular complexity index is 262. The molecule has 0 spiro atoms. The van der Waals surface area contributed by atoms with Gasteiger partial charge >= 0.3 is 0 Å². The van der Waals surface area contributed by atoms with Crippen LogP contribution in [0.15, 0.2) is 17.5 Å². The molecule has 1 aliphatic heterocycles. The van der Waals surface area contributed by atoms with E-state index in [1.54, 1.807) is 11.3 Å². The SMILES string of the molecule is CC1COC(C)(c2cccs2)CN1. The number of hydrogen-bond donors (Lipinski definition) is 1. The van der Waals surface area contributed by atoms with E-state index in [2.05, 4.69) is 36.7 Å². The van der Waals surface area contributed by atoms with Crippen molar-refractivity contribution in [2.45, 2.75) is 25.5 Å². The Labute approximate surface area is 82.9 Å². The van der Waals surface area contributed by atoms with E-state index in [0.29, 0.717) is 6.04 Å². The summed E-state index contributed by atoms with van der Waals surface area (Å²) in [7, 11) is 0. The molecular formula is C10H15NOS. The van der Waals surface area contributed by atoms with Crippen LogP contribution in [-0.4, -0.2) is 19.2 Å². The monoisotopic (exact) mass is 197 g/mol. The van der Waals surface area contributed by atoms with E-state index in [1.807, 2.05) is 0 Å². The van der Waals surface area contributed by atoms with Crippen molar-refractivity contribution in [2.75, 3.05) is 13.2 Å². The minimum Gasteiger partial charge on any atom is -0.367 e. The Morgan fingerprint density at radius 3 is 3.08 bits per heavy atom. The maximum atomic E-state index is 5.87. The molecule has 0 aliphatic carbocycles. The molecule has 0 amide bonds. The largest absolute Gasteiger partial charge is 0.367 e. The lowest BCUT2D eigenvalue weighted by atomic mass is 10.0. The van der Waals surface area contributed by atoms with Gasteiger partial charge in [0.25, 0.3) is 0 Å². The van der Waals surface area contributed by atoms with Gasteiger partial charge in [-0.05, 0) is 25.3 Å².